The lowest BCUT2D eigenvalue weighted by Crippen LogP contribution is -2.08. The maximum Gasteiger partial charge on any atom is 0.589 e. The molecule has 0 aliphatic heterocycles. The summed E-state index contributed by atoms with van der Waals surface area (Å²) in [5.41, 5.74) is 0. The summed E-state index contributed by atoms with van der Waals surface area (Å²) in [6, 6.07) is 0. The molecule has 43 heavy (non-hydrogen) atoms. The number of phosphoric acid groups is 1. The van der Waals surface area contributed by atoms with Gasteiger partial charge in [-0.3, -0.25) is 14.5 Å². The van der Waals surface area contributed by atoms with Crippen LogP contribution in [0.1, 0.15) is 207 Å². The summed E-state index contributed by atoms with van der Waals surface area (Å²) in [6.45, 7) is 9.17. The van der Waals surface area contributed by atoms with Gasteiger partial charge in [0.2, 0.25) is 0 Å². The van der Waals surface area contributed by atoms with Gasteiger partial charge in [0, 0.05) is 12.8 Å². The van der Waals surface area contributed by atoms with Crippen LogP contribution in [0.5, 0.6) is 0 Å². The molecule has 0 amide bonds. The zero-order chi connectivity index (χ0) is 32.0. The van der Waals surface area contributed by atoms with E-state index in [1.807, 2.05) is 0 Å². The molecule has 0 saturated carbocycles. The highest BCUT2D eigenvalue weighted by molar-refractivity contribution is 7.48. The minimum absolute atomic E-state index is 0.0667. The van der Waals surface area contributed by atoms with Gasteiger partial charge in [0.15, 0.2) is 0 Å². The first-order valence-corrected chi connectivity index (χ1v) is 19.9. The third-order valence-electron chi connectivity index (χ3n) is 8.26. The summed E-state index contributed by atoms with van der Waals surface area (Å²) in [7, 11) is -4.69. The summed E-state index contributed by atoms with van der Waals surface area (Å²) in [5.74, 6) is 0.0887. The molecule has 0 aromatic rings. The first kappa shape index (κ1) is 42.1. The molecular weight excluding hydrogens is 559 g/mol. The van der Waals surface area contributed by atoms with Gasteiger partial charge in [0.1, 0.15) is 0 Å². The number of hydrogen-bond acceptors (Lipinski definition) is 5. The Morgan fingerprint density at radius 2 is 0.651 bits per heavy atom. The smallest absolute Gasteiger partial charge is 0.361 e. The third kappa shape index (κ3) is 33.9. The predicted molar refractivity (Wildman–Crippen MR) is 181 cm³/mol. The zero-order valence-corrected chi connectivity index (χ0v) is 29.8. The quantitative estimate of drug-likeness (QED) is 0.0587. The molecule has 0 radical (unpaired) electrons. The van der Waals surface area contributed by atoms with E-state index in [0.29, 0.717) is 12.8 Å². The van der Waals surface area contributed by atoms with Crippen LogP contribution in [0.15, 0.2) is 0 Å². The van der Waals surface area contributed by atoms with Crippen molar-refractivity contribution in [2.45, 2.75) is 207 Å². The lowest BCUT2D eigenvalue weighted by Gasteiger charge is -2.11. The van der Waals surface area contributed by atoms with E-state index in [2.05, 4.69) is 36.7 Å². The second-order valence-corrected chi connectivity index (χ2v) is 15.0. The normalized spacial score (nSPS) is 11.9. The molecule has 0 fully saturated rings. The van der Waals surface area contributed by atoms with Crippen LogP contribution in [0.25, 0.3) is 0 Å². The lowest BCUT2D eigenvalue weighted by atomic mass is 10.0. The van der Waals surface area contributed by atoms with Gasteiger partial charge in [-0.1, -0.05) is 182 Å². The number of unbranched alkanes of at least 4 members (excludes halogenated alkanes) is 22. The van der Waals surface area contributed by atoms with E-state index in [9.17, 15) is 19.0 Å². The van der Waals surface area contributed by atoms with E-state index in [1.165, 1.54) is 116 Å². The van der Waals surface area contributed by atoms with Crippen molar-refractivity contribution in [2.24, 2.45) is 11.8 Å². The van der Waals surface area contributed by atoms with E-state index in [0.717, 1.165) is 50.4 Å². The van der Waals surface area contributed by atoms with Gasteiger partial charge in [-0.15, -0.1) is 0 Å². The largest absolute Gasteiger partial charge is 0.589 e. The number of hydrogen-bond donors (Lipinski definition) is 1. The fourth-order valence-corrected chi connectivity index (χ4v) is 6.28. The molecule has 7 heteroatoms. The van der Waals surface area contributed by atoms with Crippen molar-refractivity contribution in [3.05, 3.63) is 0 Å². The molecule has 0 aliphatic carbocycles. The molecule has 0 bridgehead atoms. The van der Waals surface area contributed by atoms with Crippen LogP contribution in [0.2, 0.25) is 0 Å². The Labute approximate surface area is 266 Å². The highest BCUT2D eigenvalue weighted by Gasteiger charge is 2.30. The van der Waals surface area contributed by atoms with Gasteiger partial charge in [-0.05, 0) is 24.7 Å². The van der Waals surface area contributed by atoms with E-state index in [1.54, 1.807) is 0 Å². The van der Waals surface area contributed by atoms with E-state index in [-0.39, 0.29) is 12.8 Å². The fraction of sp³-hybridized carbons (Fsp3) is 0.944. The number of phosphoric ester groups is 1. The van der Waals surface area contributed by atoms with E-state index < -0.39 is 19.8 Å². The predicted octanol–water partition coefficient (Wildman–Crippen LogP) is 12.4. The molecule has 0 heterocycles. The van der Waals surface area contributed by atoms with Crippen LogP contribution in [0.3, 0.4) is 0 Å². The molecule has 0 rings (SSSR count). The van der Waals surface area contributed by atoms with Gasteiger partial charge in [0.25, 0.3) is 0 Å². The van der Waals surface area contributed by atoms with Crippen molar-refractivity contribution in [2.75, 3.05) is 0 Å². The SMILES string of the molecule is CC(C)CCCCCCCCCCCCCCC(=O)OP(=O)(O)OC(=O)CCCCCCCCCCCCCCC(C)C. The Kier molecular flexibility index (Phi) is 29.2. The molecule has 0 saturated heterocycles. The average molecular weight is 631 g/mol. The summed E-state index contributed by atoms with van der Waals surface area (Å²) in [4.78, 5) is 33.6. The van der Waals surface area contributed by atoms with Crippen LogP contribution in [-0.4, -0.2) is 16.8 Å². The molecule has 0 spiro atoms. The Bertz CT molecular complexity index is 639. The second kappa shape index (κ2) is 29.8. The van der Waals surface area contributed by atoms with Crippen molar-refractivity contribution < 1.29 is 28.1 Å². The molecule has 256 valence electrons. The van der Waals surface area contributed by atoms with Crippen LogP contribution in [-0.2, 0) is 23.2 Å². The summed E-state index contributed by atoms with van der Waals surface area (Å²) < 4.78 is 21.2. The Balaban J connectivity index is 3.55. The highest BCUT2D eigenvalue weighted by Crippen LogP contribution is 2.44. The monoisotopic (exact) mass is 630 g/mol. The molecule has 0 aromatic carbocycles. The third-order valence-corrected chi connectivity index (χ3v) is 9.13. The Morgan fingerprint density at radius 3 is 0.884 bits per heavy atom. The van der Waals surface area contributed by atoms with Crippen LogP contribution in [0, 0.1) is 11.8 Å². The molecule has 0 aromatic heterocycles. The first-order chi connectivity index (χ1) is 20.6. The summed E-state index contributed by atoms with van der Waals surface area (Å²) >= 11 is 0. The fourth-order valence-electron chi connectivity index (χ4n) is 5.55. The second-order valence-electron chi connectivity index (χ2n) is 13.7. The zero-order valence-electron chi connectivity index (χ0n) is 28.9. The van der Waals surface area contributed by atoms with Crippen molar-refractivity contribution >= 4 is 19.8 Å². The average Bonchev–Trinajstić information content (AvgIpc) is 2.92. The topological polar surface area (TPSA) is 89.9 Å². The van der Waals surface area contributed by atoms with Crippen molar-refractivity contribution in [1.29, 1.82) is 0 Å². The number of carbonyl (C=O) groups excluding carboxylic acids is 2. The Morgan fingerprint density at radius 1 is 0.442 bits per heavy atom. The van der Waals surface area contributed by atoms with Crippen molar-refractivity contribution in [1.82, 2.24) is 0 Å². The molecule has 0 atom stereocenters. The van der Waals surface area contributed by atoms with E-state index >= 15 is 0 Å². The molecule has 1 N–H and O–H groups in total. The van der Waals surface area contributed by atoms with Crippen LogP contribution in [0.4, 0.5) is 0 Å². The van der Waals surface area contributed by atoms with Gasteiger partial charge in [0.05, 0.1) is 0 Å². The van der Waals surface area contributed by atoms with Gasteiger partial charge < -0.3 is 9.05 Å². The summed E-state index contributed by atoms with van der Waals surface area (Å²) in [6.07, 6.45) is 31.4. The van der Waals surface area contributed by atoms with E-state index in [4.69, 9.17) is 0 Å². The molecule has 0 unspecified atom stereocenters. The minimum Gasteiger partial charge on any atom is -0.361 e. The number of rotatable bonds is 32. The van der Waals surface area contributed by atoms with Crippen molar-refractivity contribution in [3.63, 3.8) is 0 Å². The first-order valence-electron chi connectivity index (χ1n) is 18.4. The number of carbonyl (C=O) groups is 2. The molecule has 6 nitrogen and oxygen atoms in total. The summed E-state index contributed by atoms with van der Waals surface area (Å²) in [5, 5.41) is 0. The maximum atomic E-state index is 12.0. The maximum absolute atomic E-state index is 12.0. The lowest BCUT2D eigenvalue weighted by molar-refractivity contribution is -0.140. The van der Waals surface area contributed by atoms with Gasteiger partial charge in [-0.25, -0.2) is 4.57 Å². The minimum atomic E-state index is -4.69. The van der Waals surface area contributed by atoms with Gasteiger partial charge >= 0.3 is 19.8 Å². The molecular formula is C36H71O6P. The van der Waals surface area contributed by atoms with Crippen LogP contribution >= 0.6 is 7.82 Å². The Hall–Kier alpha value is -0.870. The van der Waals surface area contributed by atoms with Crippen molar-refractivity contribution in [3.8, 4) is 0 Å². The van der Waals surface area contributed by atoms with Gasteiger partial charge in [-0.2, -0.15) is 0 Å². The standard InChI is InChI=1S/C36H71O6P/c1-33(2)29-25-21-17-13-9-5-7-11-15-19-23-27-31-35(37)41-43(39,40)42-36(38)32-28-24-20-16-12-8-6-10-14-18-22-26-30-34(3)4/h33-34H,5-32H2,1-4H3,(H,39,40). The van der Waals surface area contributed by atoms with Crippen LogP contribution < -0.4 is 0 Å². The molecule has 0 aliphatic rings. The highest BCUT2D eigenvalue weighted by atomic mass is 31.2.